The molecule has 0 aromatic carbocycles. The number of hydrogen-bond donors (Lipinski definition) is 4. The zero-order chi connectivity index (χ0) is 16.1. The third-order valence-corrected chi connectivity index (χ3v) is 2.23. The number of carbonyl (C=O) groups excluding carboxylic acids is 1. The van der Waals surface area contributed by atoms with Crippen molar-refractivity contribution >= 4 is 41.0 Å². The Labute approximate surface area is 140 Å². The summed E-state index contributed by atoms with van der Waals surface area (Å²) in [4.78, 5) is 32.6. The Balaban J connectivity index is -0.000000602. The Bertz CT molecular complexity index is 391. The standard InChI is InChI=1S/C11H19NO8.Mg.2H/c1-12(2,3)5-6(4-7(13)14)20-11(19)9(16)8(15)10(17)18;;;/h6,8-9,15-16H,4-5H2,1-3H3,(H-,13,14,17,18);;;/q;+2;2*-1/p+1/t6-,8?,9?;;;/m1.../s1. The van der Waals surface area contributed by atoms with E-state index < -0.39 is 42.6 Å². The van der Waals surface area contributed by atoms with Gasteiger partial charge in [0.2, 0.25) is 0 Å². The SMILES string of the molecule is C[N+](C)(C)C[C@@H](CC(=O)O)OC(=O)C(O)C(O)C(=O)O.[H-].[H-].[Mg+2]. The number of rotatable bonds is 8. The second-order valence-electron chi connectivity index (χ2n) is 5.36. The topological polar surface area (TPSA) is 141 Å². The summed E-state index contributed by atoms with van der Waals surface area (Å²) in [6.07, 6.45) is -6.12. The number of carboxylic acid groups (broad SMARTS) is 2. The van der Waals surface area contributed by atoms with E-state index >= 15 is 0 Å². The Morgan fingerprint density at radius 2 is 1.57 bits per heavy atom. The van der Waals surface area contributed by atoms with Crippen molar-refractivity contribution in [2.75, 3.05) is 27.7 Å². The van der Waals surface area contributed by atoms with Gasteiger partial charge < -0.3 is 32.5 Å². The molecule has 4 N–H and O–H groups in total. The first kappa shape index (κ1) is 22.3. The average molecular weight is 321 g/mol. The summed E-state index contributed by atoms with van der Waals surface area (Å²) in [6, 6.07) is 0. The number of nitrogens with zero attached hydrogens (tertiary/aromatic N) is 1. The van der Waals surface area contributed by atoms with E-state index in [1.165, 1.54) is 0 Å². The molecule has 0 radical (unpaired) electrons. The number of quaternary nitrogens is 1. The summed E-state index contributed by atoms with van der Waals surface area (Å²) >= 11 is 0. The van der Waals surface area contributed by atoms with Crippen LogP contribution in [0.5, 0.6) is 0 Å². The van der Waals surface area contributed by atoms with E-state index in [9.17, 15) is 19.5 Å². The second-order valence-corrected chi connectivity index (χ2v) is 5.36. The second kappa shape index (κ2) is 9.15. The van der Waals surface area contributed by atoms with Gasteiger partial charge in [-0.1, -0.05) is 0 Å². The number of aliphatic hydroxyl groups is 2. The van der Waals surface area contributed by atoms with E-state index in [4.69, 9.17) is 20.1 Å². The summed E-state index contributed by atoms with van der Waals surface area (Å²) in [5, 5.41) is 35.5. The molecule has 0 rings (SSSR count). The maximum absolute atomic E-state index is 11.5. The van der Waals surface area contributed by atoms with Gasteiger partial charge in [-0.05, 0) is 0 Å². The fourth-order valence-electron chi connectivity index (χ4n) is 1.45. The third kappa shape index (κ3) is 9.58. The fraction of sp³-hybridized carbons (Fsp3) is 0.727. The van der Waals surface area contributed by atoms with Gasteiger partial charge in [-0.25, -0.2) is 9.59 Å². The van der Waals surface area contributed by atoms with Gasteiger partial charge in [-0.3, -0.25) is 4.79 Å². The van der Waals surface area contributed by atoms with Crippen LogP contribution in [0.2, 0.25) is 0 Å². The van der Waals surface area contributed by atoms with Crippen LogP contribution in [-0.2, 0) is 19.1 Å². The number of aliphatic hydroxyl groups excluding tert-OH is 2. The summed E-state index contributed by atoms with van der Waals surface area (Å²) in [5.41, 5.74) is 0. The molecule has 0 aliphatic heterocycles. The average Bonchev–Trinajstić information content (AvgIpc) is 2.23. The minimum Gasteiger partial charge on any atom is -1.00 e. The smallest absolute Gasteiger partial charge is 1.00 e. The quantitative estimate of drug-likeness (QED) is 0.223. The fourth-order valence-corrected chi connectivity index (χ4v) is 1.45. The van der Waals surface area contributed by atoms with Crippen LogP contribution in [0.15, 0.2) is 0 Å². The summed E-state index contributed by atoms with van der Waals surface area (Å²) in [6.45, 7) is 0.147. The first-order chi connectivity index (χ1) is 8.94. The van der Waals surface area contributed by atoms with E-state index in [1.807, 2.05) is 0 Å². The number of carboxylic acids is 2. The van der Waals surface area contributed by atoms with Crippen molar-refractivity contribution in [1.29, 1.82) is 0 Å². The van der Waals surface area contributed by atoms with Gasteiger partial charge in [-0.15, -0.1) is 0 Å². The van der Waals surface area contributed by atoms with Crippen molar-refractivity contribution in [3.05, 3.63) is 0 Å². The molecule has 9 nitrogen and oxygen atoms in total. The van der Waals surface area contributed by atoms with Crippen LogP contribution in [-0.4, -0.2) is 112 Å². The number of likely N-dealkylation sites (N-methyl/N-ethyl adjacent to an activating group) is 1. The molecule has 0 aromatic heterocycles. The van der Waals surface area contributed by atoms with E-state index in [0.29, 0.717) is 4.48 Å². The van der Waals surface area contributed by atoms with E-state index in [0.717, 1.165) is 0 Å². The Morgan fingerprint density at radius 1 is 1.10 bits per heavy atom. The van der Waals surface area contributed by atoms with E-state index in [1.54, 1.807) is 21.1 Å². The molecule has 0 bridgehead atoms. The molecular weight excluding hydrogens is 298 g/mol. The van der Waals surface area contributed by atoms with Crippen LogP contribution in [0.4, 0.5) is 0 Å². The molecule has 0 saturated heterocycles. The van der Waals surface area contributed by atoms with Gasteiger partial charge >= 0.3 is 41.0 Å². The first-order valence-electron chi connectivity index (χ1n) is 5.75. The predicted molar refractivity (Wildman–Crippen MR) is 72.7 cm³/mol. The van der Waals surface area contributed by atoms with Gasteiger partial charge in [0.25, 0.3) is 0 Å². The molecule has 0 fully saturated rings. The van der Waals surface area contributed by atoms with Crippen molar-refractivity contribution in [2.45, 2.75) is 24.7 Å². The van der Waals surface area contributed by atoms with E-state index in [2.05, 4.69) is 0 Å². The summed E-state index contributed by atoms with van der Waals surface area (Å²) < 4.78 is 5.06. The summed E-state index contributed by atoms with van der Waals surface area (Å²) in [5.74, 6) is -4.36. The van der Waals surface area contributed by atoms with Crippen LogP contribution in [0.3, 0.4) is 0 Å². The minimum atomic E-state index is -2.32. The van der Waals surface area contributed by atoms with Crippen LogP contribution >= 0.6 is 0 Å². The molecule has 21 heavy (non-hydrogen) atoms. The van der Waals surface area contributed by atoms with Gasteiger partial charge in [0.15, 0.2) is 18.3 Å². The molecule has 0 amide bonds. The number of hydrogen-bond acceptors (Lipinski definition) is 6. The zero-order valence-electron chi connectivity index (χ0n) is 14.2. The van der Waals surface area contributed by atoms with E-state index in [-0.39, 0.29) is 32.5 Å². The number of aliphatic carboxylic acids is 2. The Hall–Kier alpha value is -0.944. The molecule has 0 spiro atoms. The molecule has 3 atom stereocenters. The molecule has 10 heteroatoms. The maximum atomic E-state index is 11.5. The van der Waals surface area contributed by atoms with Gasteiger partial charge in [0.1, 0.15) is 6.54 Å². The largest absolute Gasteiger partial charge is 2.00 e. The van der Waals surface area contributed by atoms with Crippen molar-refractivity contribution in [2.24, 2.45) is 0 Å². The van der Waals surface area contributed by atoms with Crippen LogP contribution in [0.25, 0.3) is 0 Å². The van der Waals surface area contributed by atoms with Crippen molar-refractivity contribution in [1.82, 2.24) is 0 Å². The van der Waals surface area contributed by atoms with Crippen molar-refractivity contribution in [3.63, 3.8) is 0 Å². The number of carbonyl (C=O) groups is 3. The Kier molecular flexibility index (Phi) is 9.73. The molecular formula is C11H22MgNO8+. The van der Waals surface area contributed by atoms with Crippen LogP contribution < -0.4 is 0 Å². The Morgan fingerprint density at radius 3 is 1.90 bits per heavy atom. The summed E-state index contributed by atoms with van der Waals surface area (Å²) in [7, 11) is 5.22. The normalized spacial score (nSPS) is 15.3. The van der Waals surface area contributed by atoms with Gasteiger partial charge in [0.05, 0.1) is 27.6 Å². The van der Waals surface area contributed by atoms with Gasteiger partial charge in [0, 0.05) is 0 Å². The first-order valence-corrected chi connectivity index (χ1v) is 5.75. The molecule has 2 unspecified atom stereocenters. The molecule has 0 heterocycles. The number of esters is 1. The van der Waals surface area contributed by atoms with Crippen molar-refractivity contribution in [3.8, 4) is 0 Å². The monoisotopic (exact) mass is 320 g/mol. The molecule has 0 aromatic rings. The molecule has 0 aliphatic rings. The van der Waals surface area contributed by atoms with Gasteiger partial charge in [-0.2, -0.15) is 0 Å². The van der Waals surface area contributed by atoms with Crippen molar-refractivity contribution < 1.29 is 46.9 Å². The number of ether oxygens (including phenoxy) is 1. The maximum Gasteiger partial charge on any atom is 2.00 e. The van der Waals surface area contributed by atoms with Crippen LogP contribution in [0, 0.1) is 0 Å². The molecule has 0 saturated carbocycles. The van der Waals surface area contributed by atoms with Crippen LogP contribution in [0.1, 0.15) is 9.27 Å². The minimum absolute atomic E-state index is 0. The third-order valence-electron chi connectivity index (χ3n) is 2.23. The molecule has 0 aliphatic carbocycles. The zero-order valence-corrected chi connectivity index (χ0v) is 13.6. The predicted octanol–water partition coefficient (Wildman–Crippen LogP) is -2.27. The molecule has 120 valence electrons.